The second-order valence-electron chi connectivity index (χ2n) is 6.85. The Morgan fingerprint density at radius 2 is 2.07 bits per heavy atom. The lowest BCUT2D eigenvalue weighted by Gasteiger charge is -2.26. The molecular formula is C20H20F3N5O2. The molecule has 2 aromatic heterocycles. The molecular weight excluding hydrogens is 399 g/mol. The molecule has 1 saturated heterocycles. The minimum absolute atomic E-state index is 0.00676. The van der Waals surface area contributed by atoms with Crippen LogP contribution in [0.2, 0.25) is 0 Å². The molecule has 1 N–H and O–H groups in total. The zero-order chi connectivity index (χ0) is 21.7. The van der Waals surface area contributed by atoms with E-state index >= 15 is 0 Å². The molecule has 2 aromatic rings. The molecule has 0 aromatic carbocycles. The van der Waals surface area contributed by atoms with Crippen molar-refractivity contribution in [3.8, 4) is 6.07 Å². The Balaban J connectivity index is 1.75. The Bertz CT molecular complexity index is 966. The number of alkyl halides is 3. The van der Waals surface area contributed by atoms with Gasteiger partial charge in [-0.15, -0.1) is 0 Å². The summed E-state index contributed by atoms with van der Waals surface area (Å²) < 4.78 is 43.9. The van der Waals surface area contributed by atoms with E-state index < -0.39 is 23.3 Å². The SMILES string of the molecule is Cc1cc(CCN2CCOCC2)nc(C#N)c1NC(=O)c1cc(C(F)(F)F)ccn1. The van der Waals surface area contributed by atoms with Crippen LogP contribution in [0, 0.1) is 18.3 Å². The van der Waals surface area contributed by atoms with Gasteiger partial charge in [-0.3, -0.25) is 14.7 Å². The van der Waals surface area contributed by atoms with Crippen molar-refractivity contribution in [2.24, 2.45) is 0 Å². The maximum absolute atomic E-state index is 12.9. The molecule has 0 bridgehead atoms. The first-order chi connectivity index (χ1) is 14.3. The summed E-state index contributed by atoms with van der Waals surface area (Å²) in [6, 6.07) is 5.16. The van der Waals surface area contributed by atoms with Crippen LogP contribution in [-0.4, -0.2) is 53.6 Å². The number of morpholine rings is 1. The number of anilines is 1. The zero-order valence-electron chi connectivity index (χ0n) is 16.3. The highest BCUT2D eigenvalue weighted by Gasteiger charge is 2.31. The second-order valence-corrected chi connectivity index (χ2v) is 6.85. The second kappa shape index (κ2) is 9.19. The first-order valence-electron chi connectivity index (χ1n) is 9.33. The molecule has 1 fully saturated rings. The van der Waals surface area contributed by atoms with E-state index in [2.05, 4.69) is 20.2 Å². The van der Waals surface area contributed by atoms with Gasteiger partial charge in [-0.1, -0.05) is 0 Å². The van der Waals surface area contributed by atoms with Crippen molar-refractivity contribution in [2.45, 2.75) is 19.5 Å². The highest BCUT2D eigenvalue weighted by Crippen LogP contribution is 2.29. The van der Waals surface area contributed by atoms with E-state index in [1.807, 2.05) is 6.07 Å². The van der Waals surface area contributed by atoms with Gasteiger partial charge >= 0.3 is 6.18 Å². The van der Waals surface area contributed by atoms with Crippen LogP contribution >= 0.6 is 0 Å². The summed E-state index contributed by atoms with van der Waals surface area (Å²) in [7, 11) is 0. The molecule has 10 heteroatoms. The summed E-state index contributed by atoms with van der Waals surface area (Å²) in [5, 5.41) is 11.9. The lowest BCUT2D eigenvalue weighted by Crippen LogP contribution is -2.37. The number of aromatic nitrogens is 2. The van der Waals surface area contributed by atoms with E-state index in [0.29, 0.717) is 37.0 Å². The van der Waals surface area contributed by atoms with E-state index in [1.54, 1.807) is 13.0 Å². The quantitative estimate of drug-likeness (QED) is 0.802. The molecule has 30 heavy (non-hydrogen) atoms. The fourth-order valence-electron chi connectivity index (χ4n) is 3.11. The molecule has 3 rings (SSSR count). The van der Waals surface area contributed by atoms with Crippen LogP contribution in [0.25, 0.3) is 0 Å². The minimum atomic E-state index is -4.59. The highest BCUT2D eigenvalue weighted by atomic mass is 19.4. The number of nitriles is 1. The zero-order valence-corrected chi connectivity index (χ0v) is 16.3. The van der Waals surface area contributed by atoms with Crippen LogP contribution in [0.5, 0.6) is 0 Å². The highest BCUT2D eigenvalue weighted by molar-refractivity contribution is 6.04. The van der Waals surface area contributed by atoms with Gasteiger partial charge in [0.1, 0.15) is 11.8 Å². The largest absolute Gasteiger partial charge is 0.416 e. The number of hydrogen-bond acceptors (Lipinski definition) is 6. The van der Waals surface area contributed by atoms with Crippen LogP contribution in [-0.2, 0) is 17.3 Å². The predicted octanol–water partition coefficient (Wildman–Crippen LogP) is 2.80. The third-order valence-electron chi connectivity index (χ3n) is 4.72. The fraction of sp³-hybridized carbons (Fsp3) is 0.400. The molecule has 0 radical (unpaired) electrons. The summed E-state index contributed by atoms with van der Waals surface area (Å²) in [6.07, 6.45) is -3.04. The molecule has 3 heterocycles. The van der Waals surface area contributed by atoms with Crippen LogP contribution in [0.1, 0.15) is 33.0 Å². The van der Waals surface area contributed by atoms with Crippen LogP contribution in [0.15, 0.2) is 24.4 Å². The summed E-state index contributed by atoms with van der Waals surface area (Å²) >= 11 is 0. The molecule has 7 nitrogen and oxygen atoms in total. The number of nitrogens with zero attached hydrogens (tertiary/aromatic N) is 4. The number of amides is 1. The van der Waals surface area contributed by atoms with Gasteiger partial charge in [0.2, 0.25) is 0 Å². The van der Waals surface area contributed by atoms with E-state index in [4.69, 9.17) is 4.74 Å². The monoisotopic (exact) mass is 419 g/mol. The number of hydrogen-bond donors (Lipinski definition) is 1. The van der Waals surface area contributed by atoms with Gasteiger partial charge in [0.25, 0.3) is 5.91 Å². The van der Waals surface area contributed by atoms with Crippen LogP contribution < -0.4 is 5.32 Å². The van der Waals surface area contributed by atoms with Crippen molar-refractivity contribution in [1.82, 2.24) is 14.9 Å². The maximum atomic E-state index is 12.9. The summed E-state index contributed by atoms with van der Waals surface area (Å²) in [5.41, 5.74) is 0.0923. The van der Waals surface area contributed by atoms with Crippen molar-refractivity contribution in [3.63, 3.8) is 0 Å². The van der Waals surface area contributed by atoms with E-state index in [1.165, 1.54) is 0 Å². The van der Waals surface area contributed by atoms with Crippen molar-refractivity contribution < 1.29 is 22.7 Å². The van der Waals surface area contributed by atoms with E-state index in [9.17, 15) is 23.2 Å². The number of rotatable bonds is 5. The average molecular weight is 419 g/mol. The molecule has 0 unspecified atom stereocenters. The molecule has 0 spiro atoms. The number of carbonyl (C=O) groups is 1. The Kier molecular flexibility index (Phi) is 6.64. The molecule has 1 aliphatic heterocycles. The van der Waals surface area contributed by atoms with Gasteiger partial charge < -0.3 is 10.1 Å². The Hall–Kier alpha value is -3.03. The van der Waals surface area contributed by atoms with Crippen molar-refractivity contribution in [1.29, 1.82) is 5.26 Å². The predicted molar refractivity (Wildman–Crippen MR) is 102 cm³/mol. The number of aryl methyl sites for hydroxylation is 1. The topological polar surface area (TPSA) is 91.1 Å². The van der Waals surface area contributed by atoms with Gasteiger partial charge in [0, 0.05) is 37.9 Å². The number of nitrogens with one attached hydrogen (secondary N) is 1. The molecule has 158 valence electrons. The normalized spacial score (nSPS) is 14.9. The molecule has 0 saturated carbocycles. The first-order valence-corrected chi connectivity index (χ1v) is 9.33. The lowest BCUT2D eigenvalue weighted by atomic mass is 10.1. The summed E-state index contributed by atoms with van der Waals surface area (Å²) in [5.74, 6) is -0.844. The van der Waals surface area contributed by atoms with Crippen LogP contribution in [0.3, 0.4) is 0 Å². The van der Waals surface area contributed by atoms with E-state index in [-0.39, 0.29) is 11.4 Å². The lowest BCUT2D eigenvalue weighted by molar-refractivity contribution is -0.137. The van der Waals surface area contributed by atoms with Gasteiger partial charge in [-0.05, 0) is 30.7 Å². The van der Waals surface area contributed by atoms with Crippen LogP contribution in [0.4, 0.5) is 18.9 Å². The summed E-state index contributed by atoms with van der Waals surface area (Å²) in [4.78, 5) is 22.7. The van der Waals surface area contributed by atoms with Gasteiger partial charge in [0.15, 0.2) is 5.69 Å². The number of ether oxygens (including phenoxy) is 1. The van der Waals surface area contributed by atoms with Crippen molar-refractivity contribution in [3.05, 3.63) is 52.6 Å². The minimum Gasteiger partial charge on any atom is -0.379 e. The molecule has 0 atom stereocenters. The van der Waals surface area contributed by atoms with Gasteiger partial charge in [-0.2, -0.15) is 18.4 Å². The Labute approximate surface area is 171 Å². The van der Waals surface area contributed by atoms with Gasteiger partial charge in [0.05, 0.1) is 24.5 Å². The van der Waals surface area contributed by atoms with Crippen molar-refractivity contribution >= 4 is 11.6 Å². The Morgan fingerprint density at radius 1 is 1.33 bits per heavy atom. The third kappa shape index (κ3) is 5.31. The Morgan fingerprint density at radius 3 is 2.73 bits per heavy atom. The third-order valence-corrected chi connectivity index (χ3v) is 4.72. The standard InChI is InChI=1S/C20H20F3N5O2/c1-13-10-15(3-5-28-6-8-30-9-7-28)26-17(12-24)18(13)27-19(29)16-11-14(2-4-25-16)20(21,22)23/h2,4,10-11H,3,5-9H2,1H3,(H,27,29). The van der Waals surface area contributed by atoms with Crippen molar-refractivity contribution in [2.75, 3.05) is 38.2 Å². The number of halogens is 3. The first kappa shape index (κ1) is 21.7. The number of pyridine rings is 2. The van der Waals surface area contributed by atoms with E-state index in [0.717, 1.165) is 31.9 Å². The molecule has 1 aliphatic rings. The average Bonchev–Trinajstić information content (AvgIpc) is 2.74. The number of carbonyl (C=O) groups excluding carboxylic acids is 1. The van der Waals surface area contributed by atoms with Gasteiger partial charge in [-0.25, -0.2) is 4.98 Å². The molecule has 0 aliphatic carbocycles. The fourth-order valence-corrected chi connectivity index (χ4v) is 3.11. The maximum Gasteiger partial charge on any atom is 0.416 e. The smallest absolute Gasteiger partial charge is 0.379 e. The molecule has 1 amide bonds. The summed E-state index contributed by atoms with van der Waals surface area (Å²) in [6.45, 7) is 5.51.